The Morgan fingerprint density at radius 1 is 0.957 bits per heavy atom. The molecular formula is C21H27NO. The predicted octanol–water partition coefficient (Wildman–Crippen LogP) is 5.08. The van der Waals surface area contributed by atoms with E-state index in [1.165, 1.54) is 24.0 Å². The Morgan fingerprint density at radius 2 is 1.52 bits per heavy atom. The maximum absolute atomic E-state index is 12.0. The zero-order valence-corrected chi connectivity index (χ0v) is 14.4. The average Bonchev–Trinajstić information content (AvgIpc) is 2.58. The third kappa shape index (κ3) is 5.24. The zero-order valence-electron chi connectivity index (χ0n) is 14.4. The van der Waals surface area contributed by atoms with Crippen molar-refractivity contribution in [3.63, 3.8) is 0 Å². The van der Waals surface area contributed by atoms with E-state index in [0.717, 1.165) is 12.0 Å². The van der Waals surface area contributed by atoms with Gasteiger partial charge in [0.25, 0.3) is 5.91 Å². The first-order valence-corrected chi connectivity index (χ1v) is 8.57. The molecule has 23 heavy (non-hydrogen) atoms. The van der Waals surface area contributed by atoms with Gasteiger partial charge >= 0.3 is 0 Å². The van der Waals surface area contributed by atoms with Gasteiger partial charge in [-0.25, -0.2) is 0 Å². The van der Waals surface area contributed by atoms with Crippen LogP contribution in [0.25, 0.3) is 11.1 Å². The number of carbonyl (C=O) groups excluding carboxylic acids is 1. The van der Waals surface area contributed by atoms with E-state index in [1.807, 2.05) is 24.3 Å². The molecule has 2 aromatic carbocycles. The number of benzene rings is 2. The van der Waals surface area contributed by atoms with Crippen molar-refractivity contribution in [2.75, 3.05) is 6.54 Å². The second kappa shape index (κ2) is 8.52. The van der Waals surface area contributed by atoms with Gasteiger partial charge in [0.05, 0.1) is 0 Å². The predicted molar refractivity (Wildman–Crippen MR) is 97.7 cm³/mol. The summed E-state index contributed by atoms with van der Waals surface area (Å²) in [4.78, 5) is 12.0. The summed E-state index contributed by atoms with van der Waals surface area (Å²) in [6, 6.07) is 16.6. The van der Waals surface area contributed by atoms with Crippen LogP contribution in [-0.4, -0.2) is 12.5 Å². The Kier molecular flexibility index (Phi) is 6.40. The Balaban J connectivity index is 2.02. The molecule has 2 rings (SSSR count). The maximum atomic E-state index is 12.0. The zero-order chi connectivity index (χ0) is 16.7. The second-order valence-electron chi connectivity index (χ2n) is 6.48. The minimum absolute atomic E-state index is 0.000151. The molecule has 0 heterocycles. The number of amides is 1. The van der Waals surface area contributed by atoms with Gasteiger partial charge < -0.3 is 5.32 Å². The topological polar surface area (TPSA) is 29.1 Å². The van der Waals surface area contributed by atoms with Crippen LogP contribution >= 0.6 is 0 Å². The van der Waals surface area contributed by atoms with E-state index in [1.54, 1.807) is 0 Å². The van der Waals surface area contributed by atoms with E-state index >= 15 is 0 Å². The summed E-state index contributed by atoms with van der Waals surface area (Å²) in [7, 11) is 0. The first-order valence-electron chi connectivity index (χ1n) is 8.57. The van der Waals surface area contributed by atoms with Gasteiger partial charge in [-0.05, 0) is 47.6 Å². The summed E-state index contributed by atoms with van der Waals surface area (Å²) in [6.07, 6.45) is 3.60. The summed E-state index contributed by atoms with van der Waals surface area (Å²) in [5, 5.41) is 2.95. The van der Waals surface area contributed by atoms with Crippen LogP contribution in [0.2, 0.25) is 0 Å². The van der Waals surface area contributed by atoms with E-state index < -0.39 is 0 Å². The lowest BCUT2D eigenvalue weighted by atomic mass is 10.0. The lowest BCUT2D eigenvalue weighted by Gasteiger charge is -2.09. The number of nitrogens with one attached hydrogen (secondary N) is 1. The Labute approximate surface area is 139 Å². The first-order chi connectivity index (χ1) is 11.1. The van der Waals surface area contributed by atoms with Gasteiger partial charge in [0.2, 0.25) is 0 Å². The molecule has 0 bridgehead atoms. The van der Waals surface area contributed by atoms with Crippen LogP contribution < -0.4 is 5.32 Å². The Bertz CT molecular complexity index is 611. The van der Waals surface area contributed by atoms with Gasteiger partial charge in [0, 0.05) is 12.1 Å². The third-order valence-electron chi connectivity index (χ3n) is 3.92. The summed E-state index contributed by atoms with van der Waals surface area (Å²) in [6.45, 7) is 7.11. The minimum Gasteiger partial charge on any atom is -0.352 e. The van der Waals surface area contributed by atoms with E-state index in [9.17, 15) is 4.79 Å². The summed E-state index contributed by atoms with van der Waals surface area (Å²) >= 11 is 0. The van der Waals surface area contributed by atoms with Gasteiger partial charge in [-0.1, -0.05) is 63.6 Å². The van der Waals surface area contributed by atoms with Gasteiger partial charge in [-0.2, -0.15) is 0 Å². The van der Waals surface area contributed by atoms with E-state index in [2.05, 4.69) is 50.4 Å². The fourth-order valence-electron chi connectivity index (χ4n) is 2.46. The van der Waals surface area contributed by atoms with Crippen molar-refractivity contribution in [1.82, 2.24) is 5.32 Å². The maximum Gasteiger partial charge on any atom is 0.251 e. The van der Waals surface area contributed by atoms with Crippen molar-refractivity contribution in [2.24, 2.45) is 5.92 Å². The minimum atomic E-state index is 0.000151. The number of hydrogen-bond acceptors (Lipinski definition) is 1. The van der Waals surface area contributed by atoms with Crippen LogP contribution in [-0.2, 0) is 6.42 Å². The van der Waals surface area contributed by atoms with Crippen LogP contribution in [0, 0.1) is 5.92 Å². The van der Waals surface area contributed by atoms with E-state index in [0.29, 0.717) is 18.0 Å². The molecule has 1 N–H and O–H groups in total. The van der Waals surface area contributed by atoms with Crippen molar-refractivity contribution in [3.8, 4) is 11.1 Å². The van der Waals surface area contributed by atoms with Gasteiger partial charge in [0.1, 0.15) is 0 Å². The van der Waals surface area contributed by atoms with Gasteiger partial charge in [-0.3, -0.25) is 4.79 Å². The van der Waals surface area contributed by atoms with E-state index in [4.69, 9.17) is 0 Å². The van der Waals surface area contributed by atoms with Crippen molar-refractivity contribution < 1.29 is 4.79 Å². The summed E-state index contributed by atoms with van der Waals surface area (Å²) < 4.78 is 0. The molecule has 0 unspecified atom stereocenters. The third-order valence-corrected chi connectivity index (χ3v) is 3.92. The van der Waals surface area contributed by atoms with Crippen molar-refractivity contribution in [1.29, 1.82) is 0 Å². The van der Waals surface area contributed by atoms with Crippen molar-refractivity contribution in [3.05, 3.63) is 59.7 Å². The van der Waals surface area contributed by atoms with Crippen LogP contribution in [0.4, 0.5) is 0 Å². The molecule has 0 aromatic heterocycles. The molecule has 0 atom stereocenters. The molecule has 0 radical (unpaired) electrons. The quantitative estimate of drug-likeness (QED) is 0.759. The standard InChI is InChI=1S/C21H27NO/c1-4-5-6-17-7-9-18(10-8-17)19-11-13-20(14-12-19)21(23)22-15-16(2)3/h7-14,16H,4-6,15H2,1-3H3,(H,22,23). The summed E-state index contributed by atoms with van der Waals surface area (Å²) in [5.74, 6) is 0.463. The SMILES string of the molecule is CCCCc1ccc(-c2ccc(C(=O)NCC(C)C)cc2)cc1. The van der Waals surface area contributed by atoms with E-state index in [-0.39, 0.29) is 5.91 Å². The second-order valence-corrected chi connectivity index (χ2v) is 6.48. The van der Waals surface area contributed by atoms with Crippen LogP contribution in [0.5, 0.6) is 0 Å². The lowest BCUT2D eigenvalue weighted by molar-refractivity contribution is 0.0949. The van der Waals surface area contributed by atoms with Crippen molar-refractivity contribution in [2.45, 2.75) is 40.0 Å². The molecule has 0 fully saturated rings. The van der Waals surface area contributed by atoms with Gasteiger partial charge in [0.15, 0.2) is 0 Å². The van der Waals surface area contributed by atoms with Crippen molar-refractivity contribution >= 4 is 5.91 Å². The smallest absolute Gasteiger partial charge is 0.251 e. The number of aryl methyl sites for hydroxylation is 1. The molecule has 0 saturated heterocycles. The molecule has 122 valence electrons. The highest BCUT2D eigenvalue weighted by Crippen LogP contribution is 2.21. The summed E-state index contributed by atoms with van der Waals surface area (Å²) in [5.41, 5.74) is 4.45. The first kappa shape index (κ1) is 17.3. The van der Waals surface area contributed by atoms with Gasteiger partial charge in [-0.15, -0.1) is 0 Å². The number of carbonyl (C=O) groups is 1. The largest absolute Gasteiger partial charge is 0.352 e. The number of rotatable bonds is 7. The molecule has 0 saturated carbocycles. The highest BCUT2D eigenvalue weighted by atomic mass is 16.1. The molecule has 1 amide bonds. The Morgan fingerprint density at radius 3 is 2.04 bits per heavy atom. The fraction of sp³-hybridized carbons (Fsp3) is 0.381. The molecular weight excluding hydrogens is 282 g/mol. The monoisotopic (exact) mass is 309 g/mol. The molecule has 0 aliphatic carbocycles. The van der Waals surface area contributed by atoms with Crippen LogP contribution in [0.1, 0.15) is 49.5 Å². The molecule has 2 heteroatoms. The molecule has 0 aliphatic rings. The fourth-order valence-corrected chi connectivity index (χ4v) is 2.46. The number of hydrogen-bond donors (Lipinski definition) is 1. The molecule has 2 aromatic rings. The highest BCUT2D eigenvalue weighted by molar-refractivity contribution is 5.94. The Hall–Kier alpha value is -2.09. The molecule has 2 nitrogen and oxygen atoms in total. The van der Waals surface area contributed by atoms with Crippen LogP contribution in [0.15, 0.2) is 48.5 Å². The normalized spacial score (nSPS) is 10.8. The number of unbranched alkanes of at least 4 members (excludes halogenated alkanes) is 1. The lowest BCUT2D eigenvalue weighted by Crippen LogP contribution is -2.27. The highest BCUT2D eigenvalue weighted by Gasteiger charge is 2.06. The average molecular weight is 309 g/mol. The molecule has 0 aliphatic heterocycles. The van der Waals surface area contributed by atoms with Crippen LogP contribution in [0.3, 0.4) is 0 Å². The molecule has 0 spiro atoms.